The lowest BCUT2D eigenvalue weighted by molar-refractivity contribution is -0.0329. The first-order valence-electron chi connectivity index (χ1n) is 7.56. The van der Waals surface area contributed by atoms with Gasteiger partial charge in [-0.15, -0.1) is 0 Å². The van der Waals surface area contributed by atoms with E-state index in [1.54, 1.807) is 11.3 Å². The highest BCUT2D eigenvalue weighted by Crippen LogP contribution is 2.48. The summed E-state index contributed by atoms with van der Waals surface area (Å²) in [4.78, 5) is 0. The van der Waals surface area contributed by atoms with E-state index in [-0.39, 0.29) is 0 Å². The predicted molar refractivity (Wildman–Crippen MR) is 83.0 cm³/mol. The van der Waals surface area contributed by atoms with Crippen molar-refractivity contribution < 1.29 is 5.11 Å². The summed E-state index contributed by atoms with van der Waals surface area (Å²) in [6.07, 6.45) is 5.29. The van der Waals surface area contributed by atoms with Crippen molar-refractivity contribution >= 4 is 11.3 Å². The summed E-state index contributed by atoms with van der Waals surface area (Å²) in [5.41, 5.74) is 3.73. The molecule has 1 aromatic carbocycles. The smallest absolute Gasteiger partial charge is 0.0750 e. The van der Waals surface area contributed by atoms with Gasteiger partial charge in [-0.1, -0.05) is 24.3 Å². The molecule has 1 aromatic heterocycles. The van der Waals surface area contributed by atoms with Crippen molar-refractivity contribution in [2.45, 2.75) is 37.7 Å². The van der Waals surface area contributed by atoms with E-state index in [1.807, 2.05) is 0 Å². The van der Waals surface area contributed by atoms with Crippen LogP contribution >= 0.6 is 11.3 Å². The molecule has 104 valence electrons. The molecule has 2 bridgehead atoms. The number of aliphatic hydroxyl groups is 1. The number of rotatable bonds is 2. The van der Waals surface area contributed by atoms with E-state index < -0.39 is 5.60 Å². The van der Waals surface area contributed by atoms with Crippen LogP contribution in [0.4, 0.5) is 0 Å². The van der Waals surface area contributed by atoms with Gasteiger partial charge in [-0.2, -0.15) is 11.3 Å². The van der Waals surface area contributed by atoms with Crippen LogP contribution in [0.1, 0.15) is 29.5 Å². The minimum atomic E-state index is -0.500. The van der Waals surface area contributed by atoms with Crippen LogP contribution in [0.15, 0.2) is 41.1 Å². The maximum Gasteiger partial charge on any atom is 0.0750 e. The van der Waals surface area contributed by atoms with Gasteiger partial charge in [0.15, 0.2) is 0 Å². The standard InChI is InChI=1S/C18H20OS/c19-18(11-13-7-8-20-12-13)16-5-6-17(18)10-15-4-2-1-3-14(15)9-16/h1-4,7-8,12,16-17,19H,5-6,9-11H2. The first-order valence-corrected chi connectivity index (χ1v) is 8.50. The lowest BCUT2D eigenvalue weighted by Crippen LogP contribution is -2.42. The monoisotopic (exact) mass is 284 g/mol. The summed E-state index contributed by atoms with van der Waals surface area (Å²) in [6, 6.07) is 10.9. The van der Waals surface area contributed by atoms with Crippen LogP contribution in [0.5, 0.6) is 0 Å². The third-order valence-electron chi connectivity index (χ3n) is 5.40. The van der Waals surface area contributed by atoms with Crippen molar-refractivity contribution in [2.75, 3.05) is 0 Å². The predicted octanol–water partition coefficient (Wildman–Crippen LogP) is 3.85. The van der Waals surface area contributed by atoms with E-state index in [4.69, 9.17) is 0 Å². The van der Waals surface area contributed by atoms with Gasteiger partial charge in [-0.05, 0) is 71.0 Å². The quantitative estimate of drug-likeness (QED) is 0.888. The minimum absolute atomic E-state index is 0.427. The zero-order valence-corrected chi connectivity index (χ0v) is 12.4. The van der Waals surface area contributed by atoms with Crippen LogP contribution in [0.3, 0.4) is 0 Å². The molecule has 2 heteroatoms. The van der Waals surface area contributed by atoms with Crippen molar-refractivity contribution in [3.05, 3.63) is 57.8 Å². The summed E-state index contributed by atoms with van der Waals surface area (Å²) >= 11 is 1.73. The molecule has 1 nitrogen and oxygen atoms in total. The van der Waals surface area contributed by atoms with E-state index in [9.17, 15) is 5.11 Å². The molecule has 1 heterocycles. The number of hydrogen-bond acceptors (Lipinski definition) is 2. The summed E-state index contributed by atoms with van der Waals surface area (Å²) in [6.45, 7) is 0. The van der Waals surface area contributed by atoms with Gasteiger partial charge in [0.25, 0.3) is 0 Å². The van der Waals surface area contributed by atoms with Crippen LogP contribution in [-0.4, -0.2) is 10.7 Å². The summed E-state index contributed by atoms with van der Waals surface area (Å²) in [7, 11) is 0. The van der Waals surface area contributed by atoms with E-state index in [0.29, 0.717) is 11.8 Å². The molecule has 1 fully saturated rings. The molecule has 2 aromatic rings. The van der Waals surface area contributed by atoms with Crippen LogP contribution in [0, 0.1) is 11.8 Å². The second-order valence-corrected chi connectivity index (χ2v) is 7.23. The molecular weight excluding hydrogens is 264 g/mol. The van der Waals surface area contributed by atoms with E-state index in [1.165, 1.54) is 29.5 Å². The third kappa shape index (κ3) is 1.94. The Morgan fingerprint density at radius 3 is 2.25 bits per heavy atom. The van der Waals surface area contributed by atoms with Crippen molar-refractivity contribution in [3.63, 3.8) is 0 Å². The normalized spacial score (nSPS) is 31.9. The molecule has 2 unspecified atom stereocenters. The highest BCUT2D eigenvalue weighted by molar-refractivity contribution is 7.07. The molecule has 20 heavy (non-hydrogen) atoms. The van der Waals surface area contributed by atoms with Crippen molar-refractivity contribution in [1.29, 1.82) is 0 Å². The Balaban J connectivity index is 1.69. The summed E-state index contributed by atoms with van der Waals surface area (Å²) < 4.78 is 0. The molecule has 0 saturated heterocycles. The first-order chi connectivity index (χ1) is 9.75. The molecule has 2 aliphatic carbocycles. The fourth-order valence-corrected chi connectivity index (χ4v) is 4.96. The average molecular weight is 284 g/mol. The van der Waals surface area contributed by atoms with Crippen LogP contribution in [0.25, 0.3) is 0 Å². The van der Waals surface area contributed by atoms with E-state index in [0.717, 1.165) is 19.3 Å². The summed E-state index contributed by atoms with van der Waals surface area (Å²) in [5, 5.41) is 15.7. The van der Waals surface area contributed by atoms with Gasteiger partial charge >= 0.3 is 0 Å². The summed E-state index contributed by atoms with van der Waals surface area (Å²) in [5.74, 6) is 0.854. The molecule has 0 spiro atoms. The van der Waals surface area contributed by atoms with Gasteiger partial charge in [0.05, 0.1) is 5.60 Å². The maximum atomic E-state index is 11.4. The zero-order valence-electron chi connectivity index (χ0n) is 11.6. The number of fused-ring (bicyclic) bond motifs is 3. The van der Waals surface area contributed by atoms with Crippen LogP contribution in [-0.2, 0) is 19.3 Å². The van der Waals surface area contributed by atoms with Gasteiger partial charge in [-0.3, -0.25) is 0 Å². The fourth-order valence-electron chi connectivity index (χ4n) is 4.29. The third-order valence-corrected chi connectivity index (χ3v) is 6.13. The lowest BCUT2D eigenvalue weighted by atomic mass is 9.78. The van der Waals surface area contributed by atoms with Crippen LogP contribution in [0.2, 0.25) is 0 Å². The Bertz CT molecular complexity index is 569. The van der Waals surface area contributed by atoms with Crippen molar-refractivity contribution in [3.8, 4) is 0 Å². The Hall–Kier alpha value is -1.12. The van der Waals surface area contributed by atoms with Gasteiger partial charge < -0.3 is 5.11 Å². The fraction of sp³-hybridized carbons (Fsp3) is 0.444. The molecule has 4 rings (SSSR count). The molecule has 0 amide bonds. The SMILES string of the molecule is OC1(Cc2ccsc2)C2CCC1Cc1ccccc1C2. The van der Waals surface area contributed by atoms with Crippen LogP contribution < -0.4 is 0 Å². The molecule has 2 aliphatic rings. The lowest BCUT2D eigenvalue weighted by Gasteiger charge is -2.33. The number of hydrogen-bond donors (Lipinski definition) is 1. The second kappa shape index (κ2) is 4.71. The largest absolute Gasteiger partial charge is 0.389 e. The average Bonchev–Trinajstić information content (AvgIpc) is 2.98. The molecule has 2 atom stereocenters. The molecule has 1 saturated carbocycles. The molecular formula is C18H20OS. The molecule has 1 N–H and O–H groups in total. The van der Waals surface area contributed by atoms with Gasteiger partial charge in [0, 0.05) is 6.42 Å². The van der Waals surface area contributed by atoms with Gasteiger partial charge in [0.2, 0.25) is 0 Å². The highest BCUT2D eigenvalue weighted by atomic mass is 32.1. The van der Waals surface area contributed by atoms with Crippen molar-refractivity contribution in [2.24, 2.45) is 11.8 Å². The second-order valence-electron chi connectivity index (χ2n) is 6.45. The van der Waals surface area contributed by atoms with Gasteiger partial charge in [-0.25, -0.2) is 0 Å². The molecule has 0 radical (unpaired) electrons. The minimum Gasteiger partial charge on any atom is -0.389 e. The van der Waals surface area contributed by atoms with E-state index >= 15 is 0 Å². The zero-order chi connectivity index (χ0) is 13.6. The number of thiophene rings is 1. The van der Waals surface area contributed by atoms with Gasteiger partial charge in [0.1, 0.15) is 0 Å². The Kier molecular flexibility index (Phi) is 2.97. The Morgan fingerprint density at radius 2 is 1.70 bits per heavy atom. The van der Waals surface area contributed by atoms with Crippen molar-refractivity contribution in [1.82, 2.24) is 0 Å². The Labute approximate surface area is 124 Å². The maximum absolute atomic E-state index is 11.4. The van der Waals surface area contributed by atoms with E-state index in [2.05, 4.69) is 41.1 Å². The Morgan fingerprint density at radius 1 is 1.05 bits per heavy atom. The number of benzene rings is 1. The highest BCUT2D eigenvalue weighted by Gasteiger charge is 2.50. The first kappa shape index (κ1) is 12.6. The molecule has 0 aliphatic heterocycles. The topological polar surface area (TPSA) is 20.2 Å².